The second-order valence-corrected chi connectivity index (χ2v) is 5.95. The van der Waals surface area contributed by atoms with Crippen molar-refractivity contribution in [3.8, 4) is 0 Å². The molecule has 0 bridgehead atoms. The zero-order valence-corrected chi connectivity index (χ0v) is 10.5. The van der Waals surface area contributed by atoms with Gasteiger partial charge < -0.3 is 5.32 Å². The molecular formula is C13H25N3. The maximum absolute atomic E-state index is 3.37. The van der Waals surface area contributed by atoms with Crippen LogP contribution in [0.1, 0.15) is 26.2 Å². The van der Waals surface area contributed by atoms with Crippen molar-refractivity contribution < 1.29 is 0 Å². The third kappa shape index (κ3) is 2.13. The first-order valence-corrected chi connectivity index (χ1v) is 7.02. The van der Waals surface area contributed by atoms with Crippen LogP contribution in [0.2, 0.25) is 0 Å². The Bertz CT molecular complexity index is 239. The monoisotopic (exact) mass is 223 g/mol. The molecule has 0 aromatic rings. The number of hydrogen-bond acceptors (Lipinski definition) is 3. The minimum absolute atomic E-state index is 0.780. The molecule has 2 unspecified atom stereocenters. The molecule has 3 aliphatic rings. The maximum atomic E-state index is 3.37. The lowest BCUT2D eigenvalue weighted by molar-refractivity contribution is 0.0534. The van der Waals surface area contributed by atoms with Crippen LogP contribution in [0.25, 0.3) is 0 Å². The Hall–Kier alpha value is -0.120. The average Bonchev–Trinajstić information content (AvgIpc) is 2.62. The molecule has 0 radical (unpaired) electrons. The Labute approximate surface area is 99.2 Å². The summed E-state index contributed by atoms with van der Waals surface area (Å²) in [5, 5.41) is 3.37. The van der Waals surface area contributed by atoms with Crippen LogP contribution in [0.4, 0.5) is 0 Å². The highest BCUT2D eigenvalue weighted by molar-refractivity contribution is 4.91. The predicted octanol–water partition coefficient (Wildman–Crippen LogP) is 0.764. The summed E-state index contributed by atoms with van der Waals surface area (Å²) < 4.78 is 0. The minimum Gasteiger partial charge on any atom is -0.316 e. The lowest BCUT2D eigenvalue weighted by Gasteiger charge is -2.43. The molecule has 3 saturated heterocycles. The summed E-state index contributed by atoms with van der Waals surface area (Å²) in [5.74, 6) is 0.966. The van der Waals surface area contributed by atoms with Crippen molar-refractivity contribution in [3.05, 3.63) is 0 Å². The van der Waals surface area contributed by atoms with Crippen molar-refractivity contribution in [2.75, 3.05) is 39.3 Å². The zero-order chi connectivity index (χ0) is 11.0. The molecule has 3 rings (SSSR count). The van der Waals surface area contributed by atoms with Crippen molar-refractivity contribution in [3.63, 3.8) is 0 Å². The number of piperazine rings is 1. The molecule has 3 aliphatic heterocycles. The summed E-state index contributed by atoms with van der Waals surface area (Å²) in [6, 6.07) is 1.66. The predicted molar refractivity (Wildman–Crippen MR) is 66.6 cm³/mol. The van der Waals surface area contributed by atoms with E-state index in [9.17, 15) is 0 Å². The number of nitrogens with one attached hydrogen (secondary N) is 1. The van der Waals surface area contributed by atoms with Crippen LogP contribution in [-0.4, -0.2) is 61.2 Å². The van der Waals surface area contributed by atoms with Gasteiger partial charge in [-0.1, -0.05) is 0 Å². The molecule has 0 amide bonds. The molecule has 3 nitrogen and oxygen atoms in total. The highest BCUT2D eigenvalue weighted by atomic mass is 15.3. The largest absolute Gasteiger partial charge is 0.316 e. The second kappa shape index (κ2) is 4.63. The fourth-order valence-corrected chi connectivity index (χ4v) is 3.46. The van der Waals surface area contributed by atoms with Crippen LogP contribution >= 0.6 is 0 Å². The minimum atomic E-state index is 0.780. The molecule has 92 valence electrons. The van der Waals surface area contributed by atoms with Crippen LogP contribution in [0.15, 0.2) is 0 Å². The van der Waals surface area contributed by atoms with E-state index in [2.05, 4.69) is 22.0 Å². The van der Waals surface area contributed by atoms with Gasteiger partial charge in [0.15, 0.2) is 0 Å². The SMILES string of the molecule is CC1CN2CCCC2CN1CCC1CNC1. The second-order valence-electron chi connectivity index (χ2n) is 5.95. The van der Waals surface area contributed by atoms with Crippen molar-refractivity contribution >= 4 is 0 Å². The normalized spacial score (nSPS) is 37.3. The van der Waals surface area contributed by atoms with Gasteiger partial charge in [-0.25, -0.2) is 0 Å². The number of fused-ring (bicyclic) bond motifs is 1. The third-order valence-electron chi connectivity index (χ3n) is 4.76. The molecule has 0 spiro atoms. The van der Waals surface area contributed by atoms with Gasteiger partial charge in [-0.15, -0.1) is 0 Å². The van der Waals surface area contributed by atoms with E-state index in [1.807, 2.05) is 0 Å². The molecular weight excluding hydrogens is 198 g/mol. The molecule has 3 fully saturated rings. The topological polar surface area (TPSA) is 18.5 Å². The Morgan fingerprint density at radius 3 is 2.88 bits per heavy atom. The van der Waals surface area contributed by atoms with Gasteiger partial charge >= 0.3 is 0 Å². The number of nitrogens with zero attached hydrogens (tertiary/aromatic N) is 2. The molecule has 0 aromatic carbocycles. The third-order valence-corrected chi connectivity index (χ3v) is 4.76. The highest BCUT2D eigenvalue weighted by Gasteiger charge is 2.34. The van der Waals surface area contributed by atoms with E-state index < -0.39 is 0 Å². The summed E-state index contributed by atoms with van der Waals surface area (Å²) >= 11 is 0. The summed E-state index contributed by atoms with van der Waals surface area (Å²) in [6.45, 7) is 10.3. The standard InChI is InChI=1S/C13H25N3/c1-11-9-16-5-2-3-13(16)10-15(11)6-4-12-7-14-8-12/h11-14H,2-10H2,1H3. The maximum Gasteiger partial charge on any atom is 0.0224 e. The Balaban J connectivity index is 1.49. The highest BCUT2D eigenvalue weighted by Crippen LogP contribution is 2.25. The van der Waals surface area contributed by atoms with Gasteiger partial charge in [0.25, 0.3) is 0 Å². The molecule has 1 N–H and O–H groups in total. The average molecular weight is 223 g/mol. The van der Waals surface area contributed by atoms with E-state index in [1.54, 1.807) is 0 Å². The first-order chi connectivity index (χ1) is 7.83. The zero-order valence-electron chi connectivity index (χ0n) is 10.5. The van der Waals surface area contributed by atoms with E-state index in [4.69, 9.17) is 0 Å². The van der Waals surface area contributed by atoms with Crippen LogP contribution in [0.3, 0.4) is 0 Å². The molecule has 0 aromatic heterocycles. The van der Waals surface area contributed by atoms with E-state index in [0.717, 1.165) is 18.0 Å². The first-order valence-electron chi connectivity index (χ1n) is 7.02. The van der Waals surface area contributed by atoms with Crippen molar-refractivity contribution in [1.29, 1.82) is 0 Å². The lowest BCUT2D eigenvalue weighted by Crippen LogP contribution is -2.55. The summed E-state index contributed by atoms with van der Waals surface area (Å²) in [4.78, 5) is 5.46. The summed E-state index contributed by atoms with van der Waals surface area (Å²) in [5.41, 5.74) is 0. The van der Waals surface area contributed by atoms with Crippen LogP contribution in [-0.2, 0) is 0 Å². The molecule has 3 heteroatoms. The van der Waals surface area contributed by atoms with Crippen LogP contribution in [0.5, 0.6) is 0 Å². The van der Waals surface area contributed by atoms with Crippen molar-refractivity contribution in [2.45, 2.75) is 38.3 Å². The number of hydrogen-bond donors (Lipinski definition) is 1. The van der Waals surface area contributed by atoms with E-state index >= 15 is 0 Å². The fraction of sp³-hybridized carbons (Fsp3) is 1.00. The van der Waals surface area contributed by atoms with Crippen molar-refractivity contribution in [1.82, 2.24) is 15.1 Å². The molecule has 2 atom stereocenters. The molecule has 3 heterocycles. The van der Waals surface area contributed by atoms with Gasteiger partial charge in [0.1, 0.15) is 0 Å². The Morgan fingerprint density at radius 1 is 1.25 bits per heavy atom. The molecule has 0 aliphatic carbocycles. The van der Waals surface area contributed by atoms with Gasteiger partial charge in [0, 0.05) is 25.2 Å². The lowest BCUT2D eigenvalue weighted by atomic mass is 9.98. The van der Waals surface area contributed by atoms with Gasteiger partial charge in [-0.2, -0.15) is 0 Å². The van der Waals surface area contributed by atoms with Gasteiger partial charge in [0.2, 0.25) is 0 Å². The summed E-state index contributed by atoms with van der Waals surface area (Å²) in [6.07, 6.45) is 4.27. The van der Waals surface area contributed by atoms with E-state index in [1.165, 1.54) is 58.5 Å². The van der Waals surface area contributed by atoms with Gasteiger partial charge in [-0.05, 0) is 58.3 Å². The van der Waals surface area contributed by atoms with E-state index in [0.29, 0.717) is 0 Å². The summed E-state index contributed by atoms with van der Waals surface area (Å²) in [7, 11) is 0. The Morgan fingerprint density at radius 2 is 2.12 bits per heavy atom. The number of rotatable bonds is 3. The molecule has 0 saturated carbocycles. The first kappa shape index (κ1) is 11.0. The van der Waals surface area contributed by atoms with Gasteiger partial charge in [-0.3, -0.25) is 9.80 Å². The van der Waals surface area contributed by atoms with E-state index in [-0.39, 0.29) is 0 Å². The Kier molecular flexibility index (Phi) is 3.18. The molecule has 16 heavy (non-hydrogen) atoms. The fourth-order valence-electron chi connectivity index (χ4n) is 3.46. The van der Waals surface area contributed by atoms with Gasteiger partial charge in [0.05, 0.1) is 0 Å². The van der Waals surface area contributed by atoms with Crippen molar-refractivity contribution in [2.24, 2.45) is 5.92 Å². The van der Waals surface area contributed by atoms with Crippen LogP contribution in [0, 0.1) is 5.92 Å². The quantitative estimate of drug-likeness (QED) is 0.762. The smallest absolute Gasteiger partial charge is 0.0224 e. The van der Waals surface area contributed by atoms with Crippen LogP contribution < -0.4 is 5.32 Å².